The molecule has 0 spiro atoms. The molecule has 0 aliphatic heterocycles. The Morgan fingerprint density at radius 2 is 1.75 bits per heavy atom. The summed E-state index contributed by atoms with van der Waals surface area (Å²) in [4.78, 5) is 16.6. The molecular formula is C19H11F5N2OS. The molecule has 0 atom stereocenters. The van der Waals surface area contributed by atoms with Crippen LogP contribution in [-0.2, 0) is 6.18 Å². The first kappa shape index (κ1) is 19.7. The van der Waals surface area contributed by atoms with Crippen LogP contribution in [0.4, 0.5) is 27.1 Å². The lowest BCUT2D eigenvalue weighted by Crippen LogP contribution is -2.15. The molecule has 3 rings (SSSR count). The number of hydrogen-bond donors (Lipinski definition) is 1. The van der Waals surface area contributed by atoms with Crippen LogP contribution in [0.1, 0.15) is 21.6 Å². The van der Waals surface area contributed by atoms with Gasteiger partial charge in [-0.2, -0.15) is 13.2 Å². The molecule has 0 fully saturated rings. The summed E-state index contributed by atoms with van der Waals surface area (Å²) in [5.41, 5.74) is -1.17. The number of carbonyl (C=O) groups is 1. The van der Waals surface area contributed by atoms with Crippen LogP contribution < -0.4 is 5.32 Å². The molecule has 1 N–H and O–H groups in total. The molecule has 0 saturated heterocycles. The molecule has 3 aromatic rings. The number of rotatable bonds is 4. The van der Waals surface area contributed by atoms with Crippen molar-refractivity contribution in [3.05, 3.63) is 77.5 Å². The molecule has 3 nitrogen and oxygen atoms in total. The van der Waals surface area contributed by atoms with Crippen molar-refractivity contribution in [2.24, 2.45) is 0 Å². The van der Waals surface area contributed by atoms with Gasteiger partial charge in [0.25, 0.3) is 5.91 Å². The summed E-state index contributed by atoms with van der Waals surface area (Å²) < 4.78 is 66.3. The predicted octanol–water partition coefficient (Wildman–Crippen LogP) is 6.00. The molecule has 1 heterocycles. The van der Waals surface area contributed by atoms with E-state index in [-0.39, 0.29) is 16.4 Å². The molecule has 1 aromatic heterocycles. The molecule has 144 valence electrons. The first-order chi connectivity index (χ1) is 13.2. The summed E-state index contributed by atoms with van der Waals surface area (Å²) in [5, 5.41) is 2.24. The second-order valence-electron chi connectivity index (χ2n) is 5.57. The molecule has 0 radical (unpaired) electrons. The van der Waals surface area contributed by atoms with Gasteiger partial charge in [0.15, 0.2) is 5.13 Å². The third kappa shape index (κ3) is 3.94. The van der Waals surface area contributed by atoms with E-state index < -0.39 is 34.8 Å². The van der Waals surface area contributed by atoms with Gasteiger partial charge >= 0.3 is 6.18 Å². The minimum absolute atomic E-state index is 0.0324. The van der Waals surface area contributed by atoms with Gasteiger partial charge in [0.05, 0.1) is 16.1 Å². The van der Waals surface area contributed by atoms with E-state index in [0.29, 0.717) is 4.88 Å². The van der Waals surface area contributed by atoms with E-state index in [9.17, 15) is 26.7 Å². The van der Waals surface area contributed by atoms with E-state index in [4.69, 9.17) is 0 Å². The van der Waals surface area contributed by atoms with Crippen LogP contribution in [-0.4, -0.2) is 10.9 Å². The minimum atomic E-state index is -4.52. The maximum atomic E-state index is 13.7. The Morgan fingerprint density at radius 3 is 2.36 bits per heavy atom. The van der Waals surface area contributed by atoms with Crippen LogP contribution in [0.3, 0.4) is 0 Å². The van der Waals surface area contributed by atoms with Crippen molar-refractivity contribution < 1.29 is 26.7 Å². The number of hydrogen-bond acceptors (Lipinski definition) is 3. The maximum Gasteiger partial charge on any atom is 0.416 e. The molecule has 9 heteroatoms. The van der Waals surface area contributed by atoms with Crippen LogP contribution in [0.15, 0.2) is 49.0 Å². The Balaban J connectivity index is 1.96. The molecule has 0 saturated carbocycles. The monoisotopic (exact) mass is 410 g/mol. The Bertz CT molecular complexity index is 1040. The Morgan fingerprint density at radius 1 is 1.11 bits per heavy atom. The van der Waals surface area contributed by atoms with Crippen molar-refractivity contribution in [3.8, 4) is 10.4 Å². The van der Waals surface area contributed by atoms with Crippen LogP contribution >= 0.6 is 11.3 Å². The van der Waals surface area contributed by atoms with Gasteiger partial charge in [-0.15, -0.1) is 0 Å². The summed E-state index contributed by atoms with van der Waals surface area (Å²) in [6.07, 6.45) is -3.21. The van der Waals surface area contributed by atoms with Crippen LogP contribution in [0.2, 0.25) is 0 Å². The number of amides is 1. The maximum absolute atomic E-state index is 13.7. The third-order valence-electron chi connectivity index (χ3n) is 3.71. The number of anilines is 1. The second kappa shape index (κ2) is 7.51. The predicted molar refractivity (Wildman–Crippen MR) is 97.0 cm³/mol. The van der Waals surface area contributed by atoms with Crippen molar-refractivity contribution in [3.63, 3.8) is 0 Å². The molecule has 0 unspecified atom stereocenters. The highest BCUT2D eigenvalue weighted by Gasteiger charge is 2.31. The fourth-order valence-corrected chi connectivity index (χ4v) is 3.40. The number of aromatic nitrogens is 1. The molecule has 0 aliphatic rings. The summed E-state index contributed by atoms with van der Waals surface area (Å²) in [6.45, 7) is 3.56. The summed E-state index contributed by atoms with van der Waals surface area (Å²) in [7, 11) is 0. The SMILES string of the molecule is C=Cc1nc(NC(=O)c2c(F)cccc2F)sc1-c1cccc(C(F)(F)F)c1. The van der Waals surface area contributed by atoms with Gasteiger partial charge in [0, 0.05) is 0 Å². The Kier molecular flexibility index (Phi) is 5.28. The van der Waals surface area contributed by atoms with E-state index in [1.807, 2.05) is 0 Å². The highest BCUT2D eigenvalue weighted by atomic mass is 32.1. The minimum Gasteiger partial charge on any atom is -0.298 e. The lowest BCUT2D eigenvalue weighted by molar-refractivity contribution is -0.137. The summed E-state index contributed by atoms with van der Waals surface area (Å²) >= 11 is 0.865. The van der Waals surface area contributed by atoms with Gasteiger partial charge in [-0.25, -0.2) is 13.8 Å². The van der Waals surface area contributed by atoms with Gasteiger partial charge in [-0.05, 0) is 35.9 Å². The number of alkyl halides is 3. The highest BCUT2D eigenvalue weighted by Crippen LogP contribution is 2.37. The fourth-order valence-electron chi connectivity index (χ4n) is 2.44. The molecule has 0 aliphatic carbocycles. The number of benzene rings is 2. The van der Waals surface area contributed by atoms with Crippen LogP contribution in [0, 0.1) is 11.6 Å². The Labute approximate surface area is 160 Å². The van der Waals surface area contributed by atoms with Crippen molar-refractivity contribution >= 4 is 28.5 Å². The lowest BCUT2D eigenvalue weighted by atomic mass is 10.1. The average Bonchev–Trinajstić information content (AvgIpc) is 3.04. The first-order valence-corrected chi connectivity index (χ1v) is 8.58. The van der Waals surface area contributed by atoms with E-state index in [2.05, 4.69) is 16.9 Å². The number of halogens is 5. The van der Waals surface area contributed by atoms with Gasteiger partial charge in [0.2, 0.25) is 0 Å². The molecular weight excluding hydrogens is 399 g/mol. The zero-order valence-electron chi connectivity index (χ0n) is 14.0. The van der Waals surface area contributed by atoms with E-state index in [1.165, 1.54) is 18.2 Å². The summed E-state index contributed by atoms with van der Waals surface area (Å²) in [5.74, 6) is -3.15. The van der Waals surface area contributed by atoms with Crippen molar-refractivity contribution in [2.45, 2.75) is 6.18 Å². The van der Waals surface area contributed by atoms with Gasteiger partial charge in [0.1, 0.15) is 17.2 Å². The largest absolute Gasteiger partial charge is 0.416 e. The number of thiazole rings is 1. The molecule has 2 aromatic carbocycles. The zero-order valence-corrected chi connectivity index (χ0v) is 14.8. The van der Waals surface area contributed by atoms with Crippen molar-refractivity contribution in [1.29, 1.82) is 0 Å². The topological polar surface area (TPSA) is 42.0 Å². The second-order valence-corrected chi connectivity index (χ2v) is 6.57. The van der Waals surface area contributed by atoms with Gasteiger partial charge in [-0.3, -0.25) is 10.1 Å². The summed E-state index contributed by atoms with van der Waals surface area (Å²) in [6, 6.07) is 7.57. The van der Waals surface area contributed by atoms with Crippen LogP contribution in [0.25, 0.3) is 16.5 Å². The van der Waals surface area contributed by atoms with Gasteiger partial charge in [-0.1, -0.05) is 36.1 Å². The average molecular weight is 410 g/mol. The number of carbonyl (C=O) groups excluding carboxylic acids is 1. The zero-order chi connectivity index (χ0) is 20.5. The fraction of sp³-hybridized carbons (Fsp3) is 0.0526. The molecule has 0 bridgehead atoms. The Hall–Kier alpha value is -3.07. The van der Waals surface area contributed by atoms with Crippen LogP contribution in [0.5, 0.6) is 0 Å². The number of nitrogens with zero attached hydrogens (tertiary/aromatic N) is 1. The highest BCUT2D eigenvalue weighted by molar-refractivity contribution is 7.19. The van der Waals surface area contributed by atoms with E-state index in [1.54, 1.807) is 0 Å². The van der Waals surface area contributed by atoms with Gasteiger partial charge < -0.3 is 0 Å². The molecule has 28 heavy (non-hydrogen) atoms. The van der Waals surface area contributed by atoms with Crippen molar-refractivity contribution in [1.82, 2.24) is 4.98 Å². The number of nitrogens with one attached hydrogen (secondary N) is 1. The standard InChI is InChI=1S/C19H11F5N2OS/c1-2-14-16(10-5-3-6-11(9-10)19(22,23)24)28-18(25-14)26-17(27)15-12(20)7-4-8-13(15)21/h2-9H,1H2,(H,25,26,27). The normalized spacial score (nSPS) is 11.3. The molecule has 1 amide bonds. The first-order valence-electron chi connectivity index (χ1n) is 7.77. The van der Waals surface area contributed by atoms with E-state index >= 15 is 0 Å². The quantitative estimate of drug-likeness (QED) is 0.536. The van der Waals surface area contributed by atoms with Crippen molar-refractivity contribution in [2.75, 3.05) is 5.32 Å². The third-order valence-corrected chi connectivity index (χ3v) is 4.74. The lowest BCUT2D eigenvalue weighted by Gasteiger charge is -2.08. The smallest absolute Gasteiger partial charge is 0.298 e. The van der Waals surface area contributed by atoms with E-state index in [0.717, 1.165) is 41.7 Å².